The zero-order valence-corrected chi connectivity index (χ0v) is 20.4. The molecule has 2 aromatic rings. The molecule has 2 aliphatic rings. The minimum atomic E-state index is -3.92. The van der Waals surface area contributed by atoms with Gasteiger partial charge in [0, 0.05) is 0 Å². The summed E-state index contributed by atoms with van der Waals surface area (Å²) in [4.78, 5) is 23.2. The first-order chi connectivity index (χ1) is 15.5. The highest BCUT2D eigenvalue weighted by molar-refractivity contribution is 7.48. The number of rotatable bonds is 7. The van der Waals surface area contributed by atoms with Crippen LogP contribution in [0.2, 0.25) is 0 Å². The van der Waals surface area contributed by atoms with Crippen LogP contribution < -0.4 is 5.73 Å². The number of halogens is 1. The lowest BCUT2D eigenvalue weighted by Crippen LogP contribution is -2.44. The van der Waals surface area contributed by atoms with Gasteiger partial charge in [-0.25, -0.2) is 19.5 Å². The number of phosphoric ester groups is 1. The topological polar surface area (TPSA) is 150 Å². The SMILES string of the molecule is CC(C)OC(=O)[C@@H](C)CCO[P@]1(=O)OC[C@H]2O[C@@H](n3cnc4c(N)ncnc43)[C@](C)(Cl)[C@@H]2O1. The van der Waals surface area contributed by atoms with Gasteiger partial charge in [-0.1, -0.05) is 6.92 Å². The Labute approximate surface area is 195 Å². The normalized spacial score (nSPS) is 32.7. The summed E-state index contributed by atoms with van der Waals surface area (Å²) in [5.41, 5.74) is 6.73. The quantitative estimate of drug-likeness (QED) is 0.337. The van der Waals surface area contributed by atoms with Gasteiger partial charge in [-0.05, 0) is 27.2 Å². The van der Waals surface area contributed by atoms with E-state index in [4.69, 9.17) is 40.4 Å². The van der Waals surface area contributed by atoms with Crippen LogP contribution in [-0.4, -0.2) is 61.9 Å². The van der Waals surface area contributed by atoms with Gasteiger partial charge >= 0.3 is 13.8 Å². The highest BCUT2D eigenvalue weighted by atomic mass is 35.5. The molecule has 0 spiro atoms. The molecule has 14 heteroatoms. The molecule has 0 amide bonds. The molecule has 0 aliphatic carbocycles. The fourth-order valence-corrected chi connectivity index (χ4v) is 5.65. The minimum Gasteiger partial charge on any atom is -0.463 e. The van der Waals surface area contributed by atoms with Gasteiger partial charge < -0.3 is 15.2 Å². The van der Waals surface area contributed by atoms with E-state index in [1.165, 1.54) is 12.7 Å². The third-order valence-corrected chi connectivity index (χ3v) is 7.37. The van der Waals surface area contributed by atoms with Crippen LogP contribution in [0.15, 0.2) is 12.7 Å². The van der Waals surface area contributed by atoms with Crippen LogP contribution in [0.4, 0.5) is 5.82 Å². The number of imidazole rings is 1. The van der Waals surface area contributed by atoms with Crippen LogP contribution in [-0.2, 0) is 32.4 Å². The Morgan fingerprint density at radius 2 is 2.15 bits per heavy atom. The van der Waals surface area contributed by atoms with Crippen LogP contribution in [0.3, 0.4) is 0 Å². The second kappa shape index (κ2) is 9.09. The Kier molecular flexibility index (Phi) is 6.69. The van der Waals surface area contributed by atoms with Crippen molar-refractivity contribution in [3.8, 4) is 0 Å². The average Bonchev–Trinajstić information content (AvgIpc) is 3.27. The molecule has 12 nitrogen and oxygen atoms in total. The lowest BCUT2D eigenvalue weighted by Gasteiger charge is -2.34. The fourth-order valence-electron chi connectivity index (χ4n) is 3.76. The summed E-state index contributed by atoms with van der Waals surface area (Å²) in [6, 6.07) is 0. The van der Waals surface area contributed by atoms with Crippen molar-refractivity contribution < 1.29 is 32.4 Å². The van der Waals surface area contributed by atoms with Crippen LogP contribution in [0.25, 0.3) is 11.2 Å². The summed E-state index contributed by atoms with van der Waals surface area (Å²) in [7, 11) is -3.92. The number of nitrogens with two attached hydrogens (primary N) is 1. The number of anilines is 1. The maximum atomic E-state index is 13.1. The molecule has 182 valence electrons. The number of carbonyl (C=O) groups is 1. The first-order valence-corrected chi connectivity index (χ1v) is 12.4. The van der Waals surface area contributed by atoms with Crippen molar-refractivity contribution in [1.82, 2.24) is 19.5 Å². The average molecular weight is 504 g/mol. The molecule has 0 bridgehead atoms. The summed E-state index contributed by atoms with van der Waals surface area (Å²) < 4.78 is 42.5. The molecule has 2 aromatic heterocycles. The number of ether oxygens (including phenoxy) is 2. The van der Waals surface area contributed by atoms with Gasteiger partial charge in [0.1, 0.15) is 28.9 Å². The van der Waals surface area contributed by atoms with E-state index in [2.05, 4.69) is 15.0 Å². The third kappa shape index (κ3) is 4.73. The highest BCUT2D eigenvalue weighted by Gasteiger charge is 2.60. The van der Waals surface area contributed by atoms with Crippen molar-refractivity contribution in [3.05, 3.63) is 12.7 Å². The first kappa shape index (κ1) is 24.3. The zero-order valence-electron chi connectivity index (χ0n) is 18.7. The van der Waals surface area contributed by atoms with Gasteiger partial charge in [-0.3, -0.25) is 22.9 Å². The monoisotopic (exact) mass is 503 g/mol. The van der Waals surface area contributed by atoms with Gasteiger partial charge in [0.15, 0.2) is 17.7 Å². The first-order valence-electron chi connectivity index (χ1n) is 10.6. The molecule has 6 atom stereocenters. The number of aromatic nitrogens is 4. The van der Waals surface area contributed by atoms with Gasteiger partial charge in [-0.2, -0.15) is 0 Å². The largest absolute Gasteiger partial charge is 0.475 e. The third-order valence-electron chi connectivity index (χ3n) is 5.51. The van der Waals surface area contributed by atoms with E-state index in [-0.39, 0.29) is 37.5 Å². The number of hydrogen-bond acceptors (Lipinski definition) is 11. The molecule has 4 heterocycles. The molecule has 0 saturated carbocycles. The van der Waals surface area contributed by atoms with Crippen molar-refractivity contribution in [2.24, 2.45) is 5.92 Å². The number of carbonyl (C=O) groups excluding carboxylic acids is 1. The maximum absolute atomic E-state index is 13.1. The molecule has 2 saturated heterocycles. The molecule has 2 aliphatic heterocycles. The van der Waals surface area contributed by atoms with E-state index in [1.807, 2.05) is 0 Å². The number of nitrogen functional groups attached to an aromatic ring is 1. The molecule has 0 radical (unpaired) electrons. The van der Waals surface area contributed by atoms with Crippen LogP contribution in [0.5, 0.6) is 0 Å². The van der Waals surface area contributed by atoms with Crippen molar-refractivity contribution in [3.63, 3.8) is 0 Å². The summed E-state index contributed by atoms with van der Waals surface area (Å²) in [6.45, 7) is 6.89. The summed E-state index contributed by atoms with van der Waals surface area (Å²) in [5, 5.41) is 0. The van der Waals surface area contributed by atoms with Crippen molar-refractivity contribution in [2.75, 3.05) is 18.9 Å². The minimum absolute atomic E-state index is 0.0192. The van der Waals surface area contributed by atoms with E-state index in [9.17, 15) is 9.36 Å². The molecule has 33 heavy (non-hydrogen) atoms. The molecule has 0 aromatic carbocycles. The predicted molar refractivity (Wildman–Crippen MR) is 117 cm³/mol. The lowest BCUT2D eigenvalue weighted by atomic mass is 10.0. The number of phosphoric acid groups is 1. The Hall–Kier alpha value is -1.82. The fraction of sp³-hybridized carbons (Fsp3) is 0.684. The van der Waals surface area contributed by atoms with Gasteiger partial charge in [-0.15, -0.1) is 11.6 Å². The van der Waals surface area contributed by atoms with Crippen molar-refractivity contribution in [2.45, 2.75) is 63.5 Å². The van der Waals surface area contributed by atoms with E-state index in [0.29, 0.717) is 11.2 Å². The number of nitrogens with zero attached hydrogens (tertiary/aromatic N) is 4. The smallest absolute Gasteiger partial charge is 0.463 e. The standard InChI is InChI=1S/C19H27ClN5O7P/c1-10(2)30-17(26)11(3)5-6-28-33(27)29-7-12-14(32-33)19(4,20)18(31-12)25-9-24-13-15(21)22-8-23-16(13)25/h8-12,14,18H,5-7H2,1-4H3,(H2,21,22,23)/t11-,12+,14+,18+,19+,33+/m0/s1. The Morgan fingerprint density at radius 3 is 2.88 bits per heavy atom. The second-order valence-corrected chi connectivity index (χ2v) is 11.0. The highest BCUT2D eigenvalue weighted by Crippen LogP contribution is 2.60. The van der Waals surface area contributed by atoms with E-state index >= 15 is 0 Å². The maximum Gasteiger partial charge on any atom is 0.475 e. The van der Waals surface area contributed by atoms with Gasteiger partial charge in [0.25, 0.3) is 0 Å². The van der Waals surface area contributed by atoms with Gasteiger partial charge in [0.2, 0.25) is 0 Å². The summed E-state index contributed by atoms with van der Waals surface area (Å²) in [6.07, 6.45) is 0.748. The number of alkyl halides is 1. The number of hydrogen-bond donors (Lipinski definition) is 1. The summed E-state index contributed by atoms with van der Waals surface area (Å²) >= 11 is 6.87. The van der Waals surface area contributed by atoms with Crippen molar-refractivity contribution >= 4 is 42.4 Å². The van der Waals surface area contributed by atoms with E-state index < -0.39 is 37.1 Å². The second-order valence-electron chi connectivity index (χ2n) is 8.54. The Bertz CT molecular complexity index is 1080. The van der Waals surface area contributed by atoms with Gasteiger partial charge in [0.05, 0.1) is 31.6 Å². The zero-order chi connectivity index (χ0) is 24.0. The molecule has 2 fully saturated rings. The van der Waals surface area contributed by atoms with E-state index in [0.717, 1.165) is 0 Å². The Balaban J connectivity index is 1.43. The number of fused-ring (bicyclic) bond motifs is 2. The molecule has 0 unspecified atom stereocenters. The predicted octanol–water partition coefficient (Wildman–Crippen LogP) is 2.82. The molecular formula is C19H27ClN5O7P. The summed E-state index contributed by atoms with van der Waals surface area (Å²) in [5.74, 6) is -0.554. The van der Waals surface area contributed by atoms with Crippen molar-refractivity contribution in [1.29, 1.82) is 0 Å². The lowest BCUT2D eigenvalue weighted by molar-refractivity contribution is -0.152. The molecule has 2 N–H and O–H groups in total. The van der Waals surface area contributed by atoms with Crippen LogP contribution in [0, 0.1) is 5.92 Å². The van der Waals surface area contributed by atoms with Crippen LogP contribution in [0.1, 0.15) is 40.3 Å². The Morgan fingerprint density at radius 1 is 1.39 bits per heavy atom. The number of esters is 1. The molecular weight excluding hydrogens is 477 g/mol. The van der Waals surface area contributed by atoms with Crippen LogP contribution >= 0.6 is 19.4 Å². The molecule has 4 rings (SSSR count). The van der Waals surface area contributed by atoms with E-state index in [1.54, 1.807) is 32.3 Å².